The number of amides is 1. The minimum Gasteiger partial charge on any atom is -0.426 e. The molecule has 0 heterocycles. The van der Waals surface area contributed by atoms with Crippen LogP contribution in [-0.4, -0.2) is 11.9 Å². The molecule has 0 atom stereocenters. The van der Waals surface area contributed by atoms with Crippen LogP contribution in [0.25, 0.3) is 16.8 Å². The molecule has 0 aromatic heterocycles. The first-order valence-corrected chi connectivity index (χ1v) is 9.32. The summed E-state index contributed by atoms with van der Waals surface area (Å²) in [6.45, 7) is 3.35. The quantitative estimate of drug-likeness (QED) is 0.347. The molecule has 3 aromatic carbocycles. The van der Waals surface area contributed by atoms with Crippen LogP contribution >= 0.6 is 11.6 Å². The number of aryl methyl sites for hydroxylation is 1. The van der Waals surface area contributed by atoms with Crippen molar-refractivity contribution in [2.24, 2.45) is 0 Å². The van der Waals surface area contributed by atoms with E-state index in [-0.39, 0.29) is 11.9 Å². The first-order valence-electron chi connectivity index (χ1n) is 8.95. The van der Waals surface area contributed by atoms with Gasteiger partial charge in [0.25, 0.3) is 0 Å². The Labute approximate surface area is 168 Å². The Balaban J connectivity index is 1.80. The molecule has 3 rings (SSSR count). The first-order chi connectivity index (χ1) is 13.5. The smallest absolute Gasteiger partial charge is 0.308 e. The van der Waals surface area contributed by atoms with Crippen molar-refractivity contribution >= 4 is 46.0 Å². The van der Waals surface area contributed by atoms with Gasteiger partial charge in [-0.1, -0.05) is 54.9 Å². The number of halogens is 1. The van der Waals surface area contributed by atoms with E-state index in [0.29, 0.717) is 16.5 Å². The number of hydrogen-bond donors (Lipinski definition) is 1. The summed E-state index contributed by atoms with van der Waals surface area (Å²) < 4.78 is 5.25. The Bertz CT molecular complexity index is 1070. The molecule has 0 saturated heterocycles. The zero-order chi connectivity index (χ0) is 20.1. The molecule has 0 spiro atoms. The molecule has 0 unspecified atom stereocenters. The third-order valence-corrected chi connectivity index (χ3v) is 4.46. The standard InChI is InChI=1S/C23H20ClNO3/c1-3-17-10-8-16(12-22(17)28-15(2)26)9-11-23(27)25-21-14-19(24)13-18-6-4-5-7-20(18)21/h4-14H,3H2,1-2H3,(H,25,27)/b11-9+. The SMILES string of the molecule is CCc1ccc(/C=C/C(=O)Nc2cc(Cl)cc3ccccc23)cc1OC(C)=O. The molecule has 1 N–H and O–H groups in total. The topological polar surface area (TPSA) is 55.4 Å². The van der Waals surface area contributed by atoms with Crippen molar-refractivity contribution in [1.29, 1.82) is 0 Å². The lowest BCUT2D eigenvalue weighted by Crippen LogP contribution is -2.08. The number of benzene rings is 3. The van der Waals surface area contributed by atoms with Crippen LogP contribution in [0.5, 0.6) is 5.75 Å². The number of carbonyl (C=O) groups excluding carboxylic acids is 2. The van der Waals surface area contributed by atoms with Crippen LogP contribution in [-0.2, 0) is 16.0 Å². The highest BCUT2D eigenvalue weighted by Crippen LogP contribution is 2.28. The van der Waals surface area contributed by atoms with Crippen LogP contribution in [0.3, 0.4) is 0 Å². The highest BCUT2D eigenvalue weighted by atomic mass is 35.5. The monoisotopic (exact) mass is 393 g/mol. The molecule has 0 saturated carbocycles. The summed E-state index contributed by atoms with van der Waals surface area (Å²) in [5, 5.41) is 5.29. The summed E-state index contributed by atoms with van der Waals surface area (Å²) in [6.07, 6.45) is 3.86. The van der Waals surface area contributed by atoms with E-state index in [1.807, 2.05) is 49.4 Å². The van der Waals surface area contributed by atoms with Crippen molar-refractivity contribution < 1.29 is 14.3 Å². The molecular weight excluding hydrogens is 374 g/mol. The van der Waals surface area contributed by atoms with Crippen molar-refractivity contribution in [3.05, 3.63) is 76.8 Å². The van der Waals surface area contributed by atoms with Crippen LogP contribution in [0.1, 0.15) is 25.0 Å². The number of carbonyl (C=O) groups is 2. The molecule has 0 radical (unpaired) electrons. The van der Waals surface area contributed by atoms with E-state index in [0.717, 1.165) is 28.3 Å². The number of anilines is 1. The number of nitrogens with one attached hydrogen (secondary N) is 1. The molecule has 3 aromatic rings. The maximum atomic E-state index is 12.4. The average molecular weight is 394 g/mol. The fourth-order valence-electron chi connectivity index (χ4n) is 2.94. The number of rotatable bonds is 5. The number of ether oxygens (including phenoxy) is 1. The molecule has 1 amide bonds. The maximum Gasteiger partial charge on any atom is 0.308 e. The van der Waals surface area contributed by atoms with Gasteiger partial charge in [-0.2, -0.15) is 0 Å². The second-order valence-electron chi connectivity index (χ2n) is 6.31. The predicted molar refractivity (Wildman–Crippen MR) is 114 cm³/mol. The molecular formula is C23H20ClNO3. The summed E-state index contributed by atoms with van der Waals surface area (Å²) >= 11 is 6.16. The predicted octanol–water partition coefficient (Wildman–Crippen LogP) is 5.63. The summed E-state index contributed by atoms with van der Waals surface area (Å²) in [7, 11) is 0. The van der Waals surface area contributed by atoms with Crippen LogP contribution in [0.15, 0.2) is 60.7 Å². The van der Waals surface area contributed by atoms with Crippen molar-refractivity contribution in [2.45, 2.75) is 20.3 Å². The second-order valence-corrected chi connectivity index (χ2v) is 6.75. The molecule has 5 heteroatoms. The zero-order valence-electron chi connectivity index (χ0n) is 15.7. The molecule has 0 aliphatic rings. The van der Waals surface area contributed by atoms with Gasteiger partial charge in [-0.15, -0.1) is 0 Å². The Morgan fingerprint density at radius 2 is 1.89 bits per heavy atom. The lowest BCUT2D eigenvalue weighted by molar-refractivity contribution is -0.131. The van der Waals surface area contributed by atoms with E-state index in [9.17, 15) is 9.59 Å². The van der Waals surface area contributed by atoms with Crippen molar-refractivity contribution in [1.82, 2.24) is 0 Å². The van der Waals surface area contributed by atoms with Gasteiger partial charge in [0, 0.05) is 23.4 Å². The van der Waals surface area contributed by atoms with Crippen LogP contribution in [0, 0.1) is 0 Å². The summed E-state index contributed by atoms with van der Waals surface area (Å²) in [5.41, 5.74) is 2.35. The third-order valence-electron chi connectivity index (χ3n) is 4.24. The van der Waals surface area contributed by atoms with E-state index < -0.39 is 0 Å². The van der Waals surface area contributed by atoms with Crippen LogP contribution < -0.4 is 10.1 Å². The average Bonchev–Trinajstić information content (AvgIpc) is 2.66. The molecule has 28 heavy (non-hydrogen) atoms. The van der Waals surface area contributed by atoms with Crippen LogP contribution in [0.2, 0.25) is 5.02 Å². The lowest BCUT2D eigenvalue weighted by atomic mass is 10.1. The molecule has 0 aliphatic carbocycles. The Kier molecular flexibility index (Phi) is 6.12. The molecule has 4 nitrogen and oxygen atoms in total. The fourth-order valence-corrected chi connectivity index (χ4v) is 3.17. The fraction of sp³-hybridized carbons (Fsp3) is 0.130. The highest BCUT2D eigenvalue weighted by molar-refractivity contribution is 6.32. The first kappa shape index (κ1) is 19.6. The van der Waals surface area contributed by atoms with Gasteiger partial charge in [-0.25, -0.2) is 0 Å². The second kappa shape index (κ2) is 8.72. The van der Waals surface area contributed by atoms with E-state index in [4.69, 9.17) is 16.3 Å². The minimum atomic E-state index is -0.374. The van der Waals surface area contributed by atoms with Gasteiger partial charge in [0.2, 0.25) is 5.91 Å². The molecule has 0 fully saturated rings. The Morgan fingerprint density at radius 3 is 2.64 bits per heavy atom. The maximum absolute atomic E-state index is 12.4. The van der Waals surface area contributed by atoms with Gasteiger partial charge >= 0.3 is 5.97 Å². The van der Waals surface area contributed by atoms with E-state index in [2.05, 4.69) is 5.32 Å². The van der Waals surface area contributed by atoms with Gasteiger partial charge in [-0.05, 0) is 47.2 Å². The zero-order valence-corrected chi connectivity index (χ0v) is 16.4. The Hall–Kier alpha value is -3.11. The molecule has 0 aliphatic heterocycles. The summed E-state index contributed by atoms with van der Waals surface area (Å²) in [4.78, 5) is 23.7. The Morgan fingerprint density at radius 1 is 1.11 bits per heavy atom. The summed E-state index contributed by atoms with van der Waals surface area (Å²) in [6, 6.07) is 16.8. The van der Waals surface area contributed by atoms with Crippen LogP contribution in [0.4, 0.5) is 5.69 Å². The normalized spacial score (nSPS) is 11.0. The number of hydrogen-bond acceptors (Lipinski definition) is 3. The number of fused-ring (bicyclic) bond motifs is 1. The van der Waals surface area contributed by atoms with Crippen molar-refractivity contribution in [3.63, 3.8) is 0 Å². The van der Waals surface area contributed by atoms with Gasteiger partial charge in [-0.3, -0.25) is 9.59 Å². The van der Waals surface area contributed by atoms with Gasteiger partial charge < -0.3 is 10.1 Å². The van der Waals surface area contributed by atoms with Crippen molar-refractivity contribution in [3.8, 4) is 5.75 Å². The van der Waals surface area contributed by atoms with Gasteiger partial charge in [0.05, 0.1) is 5.69 Å². The highest BCUT2D eigenvalue weighted by Gasteiger charge is 2.07. The third kappa shape index (κ3) is 4.78. The molecule has 142 valence electrons. The van der Waals surface area contributed by atoms with Gasteiger partial charge in [0.1, 0.15) is 5.75 Å². The largest absolute Gasteiger partial charge is 0.426 e. The van der Waals surface area contributed by atoms with E-state index >= 15 is 0 Å². The van der Waals surface area contributed by atoms with Gasteiger partial charge in [0.15, 0.2) is 0 Å². The molecule has 0 bridgehead atoms. The summed E-state index contributed by atoms with van der Waals surface area (Å²) in [5.74, 6) is -0.138. The van der Waals surface area contributed by atoms with E-state index in [1.54, 1.807) is 18.2 Å². The number of esters is 1. The lowest BCUT2D eigenvalue weighted by Gasteiger charge is -2.09. The minimum absolute atomic E-state index is 0.277. The van der Waals surface area contributed by atoms with Crippen molar-refractivity contribution in [2.75, 3.05) is 5.32 Å². The van der Waals surface area contributed by atoms with E-state index in [1.165, 1.54) is 13.0 Å².